The van der Waals surface area contributed by atoms with E-state index in [-0.39, 0.29) is 5.91 Å². The Kier molecular flexibility index (Phi) is 2.97. The molecule has 0 radical (unpaired) electrons. The highest BCUT2D eigenvalue weighted by molar-refractivity contribution is 5.75. The van der Waals surface area contributed by atoms with Crippen molar-refractivity contribution in [3.8, 4) is 0 Å². The summed E-state index contributed by atoms with van der Waals surface area (Å²) in [7, 11) is 0. The molecule has 1 aromatic carbocycles. The van der Waals surface area contributed by atoms with Crippen molar-refractivity contribution in [1.29, 1.82) is 0 Å². The topological polar surface area (TPSA) is 49.3 Å². The molecule has 3 nitrogen and oxygen atoms in total. The lowest BCUT2D eigenvalue weighted by atomic mass is 10.0. The molecule has 16 heavy (non-hydrogen) atoms. The van der Waals surface area contributed by atoms with Crippen molar-refractivity contribution in [2.45, 2.75) is 31.8 Å². The lowest BCUT2D eigenvalue weighted by Gasteiger charge is -2.22. The van der Waals surface area contributed by atoms with Crippen LogP contribution in [0.15, 0.2) is 24.3 Å². The fourth-order valence-corrected chi connectivity index (χ4v) is 2.19. The minimum Gasteiger partial charge on any atom is -0.387 e. The Balaban J connectivity index is 2.00. The van der Waals surface area contributed by atoms with Crippen LogP contribution in [0.5, 0.6) is 0 Å². The third-order valence-corrected chi connectivity index (χ3v) is 3.09. The number of nitrogens with one attached hydrogen (secondary N) is 1. The van der Waals surface area contributed by atoms with E-state index in [0.29, 0.717) is 25.8 Å². The summed E-state index contributed by atoms with van der Waals surface area (Å²) in [5.41, 5.74) is 1.58. The molecule has 0 saturated carbocycles. The van der Waals surface area contributed by atoms with Gasteiger partial charge in [-0.25, -0.2) is 0 Å². The third-order valence-electron chi connectivity index (χ3n) is 3.09. The zero-order chi connectivity index (χ0) is 11.6. The molecule has 0 aromatic heterocycles. The minimum atomic E-state index is -0.797. The molecule has 2 rings (SSSR count). The number of carbonyl (C=O) groups excluding carboxylic acids is 1. The van der Waals surface area contributed by atoms with Crippen LogP contribution >= 0.6 is 0 Å². The molecule has 2 N–H and O–H groups in total. The van der Waals surface area contributed by atoms with Gasteiger partial charge in [-0.2, -0.15) is 0 Å². The van der Waals surface area contributed by atoms with Gasteiger partial charge in [0.25, 0.3) is 0 Å². The smallest absolute Gasteiger partial charge is 0.219 e. The summed E-state index contributed by atoms with van der Waals surface area (Å²) >= 11 is 0. The van der Waals surface area contributed by atoms with Crippen molar-refractivity contribution in [2.24, 2.45) is 0 Å². The van der Waals surface area contributed by atoms with Crippen LogP contribution in [-0.2, 0) is 17.6 Å². The molecule has 1 aliphatic rings. The highest BCUT2D eigenvalue weighted by atomic mass is 16.3. The molecule has 0 heterocycles. The number of aliphatic hydroxyl groups is 1. The van der Waals surface area contributed by atoms with E-state index in [1.54, 1.807) is 0 Å². The first-order chi connectivity index (χ1) is 7.63. The van der Waals surface area contributed by atoms with Crippen LogP contribution in [-0.4, -0.2) is 23.2 Å². The fourth-order valence-electron chi connectivity index (χ4n) is 2.19. The predicted octanol–water partition coefficient (Wildman–Crippen LogP) is 1.04. The Hall–Kier alpha value is -1.35. The molecule has 3 heteroatoms. The van der Waals surface area contributed by atoms with Gasteiger partial charge in [0.1, 0.15) is 0 Å². The molecule has 1 aliphatic carbocycles. The predicted molar refractivity (Wildman–Crippen MR) is 62.1 cm³/mol. The van der Waals surface area contributed by atoms with Gasteiger partial charge in [-0.3, -0.25) is 4.79 Å². The average molecular weight is 219 g/mol. The third kappa shape index (κ3) is 2.25. The van der Waals surface area contributed by atoms with Gasteiger partial charge >= 0.3 is 0 Å². The first-order valence-electron chi connectivity index (χ1n) is 5.69. The van der Waals surface area contributed by atoms with E-state index < -0.39 is 5.60 Å². The summed E-state index contributed by atoms with van der Waals surface area (Å²) in [6.45, 7) is 2.15. The molecular formula is C13H17NO2. The summed E-state index contributed by atoms with van der Waals surface area (Å²) in [6, 6.07) is 8.04. The van der Waals surface area contributed by atoms with E-state index in [0.717, 1.165) is 0 Å². The standard InChI is InChI=1S/C13H17NO2/c1-2-12(15)14-9-13(16)7-10-5-3-4-6-11(10)8-13/h3-6,16H,2,7-9H2,1H3,(H,14,15). The highest BCUT2D eigenvalue weighted by Crippen LogP contribution is 2.29. The van der Waals surface area contributed by atoms with E-state index in [1.807, 2.05) is 31.2 Å². The number of carbonyl (C=O) groups is 1. The van der Waals surface area contributed by atoms with Crippen molar-refractivity contribution in [2.75, 3.05) is 6.54 Å². The largest absolute Gasteiger partial charge is 0.387 e. The first-order valence-corrected chi connectivity index (χ1v) is 5.69. The van der Waals surface area contributed by atoms with Crippen LogP contribution in [0.4, 0.5) is 0 Å². The second-order valence-electron chi connectivity index (χ2n) is 4.48. The lowest BCUT2D eigenvalue weighted by molar-refractivity contribution is -0.122. The number of amides is 1. The Morgan fingerprint density at radius 3 is 2.44 bits per heavy atom. The molecule has 86 valence electrons. The zero-order valence-electron chi connectivity index (χ0n) is 9.49. The quantitative estimate of drug-likeness (QED) is 0.798. The SMILES string of the molecule is CCC(=O)NCC1(O)Cc2ccccc2C1. The van der Waals surface area contributed by atoms with Crippen LogP contribution < -0.4 is 5.32 Å². The summed E-state index contributed by atoms with van der Waals surface area (Å²) < 4.78 is 0. The Labute approximate surface area is 95.5 Å². The Morgan fingerprint density at radius 1 is 1.38 bits per heavy atom. The van der Waals surface area contributed by atoms with E-state index in [9.17, 15) is 9.90 Å². The average Bonchev–Trinajstić information content (AvgIpc) is 2.62. The van der Waals surface area contributed by atoms with Crippen molar-refractivity contribution in [3.63, 3.8) is 0 Å². The molecule has 0 atom stereocenters. The van der Waals surface area contributed by atoms with Gasteiger partial charge in [0.15, 0.2) is 0 Å². The molecule has 0 bridgehead atoms. The van der Waals surface area contributed by atoms with Gasteiger partial charge in [0, 0.05) is 25.8 Å². The highest BCUT2D eigenvalue weighted by Gasteiger charge is 2.34. The monoisotopic (exact) mass is 219 g/mol. The molecule has 0 unspecified atom stereocenters. The Morgan fingerprint density at radius 2 is 1.94 bits per heavy atom. The van der Waals surface area contributed by atoms with Gasteiger partial charge in [-0.1, -0.05) is 31.2 Å². The molecule has 0 saturated heterocycles. The lowest BCUT2D eigenvalue weighted by Crippen LogP contribution is -2.43. The Bertz CT molecular complexity index is 376. The zero-order valence-corrected chi connectivity index (χ0v) is 9.49. The number of rotatable bonds is 3. The molecule has 0 fully saturated rings. The van der Waals surface area contributed by atoms with Gasteiger partial charge in [0.05, 0.1) is 5.60 Å². The number of fused-ring (bicyclic) bond motifs is 1. The van der Waals surface area contributed by atoms with E-state index in [2.05, 4.69) is 5.32 Å². The maximum atomic E-state index is 11.2. The maximum absolute atomic E-state index is 11.2. The maximum Gasteiger partial charge on any atom is 0.219 e. The number of benzene rings is 1. The molecule has 1 aromatic rings. The first kappa shape index (κ1) is 11.1. The fraction of sp³-hybridized carbons (Fsp3) is 0.462. The second-order valence-corrected chi connectivity index (χ2v) is 4.48. The van der Waals surface area contributed by atoms with E-state index in [4.69, 9.17) is 0 Å². The van der Waals surface area contributed by atoms with E-state index in [1.165, 1.54) is 11.1 Å². The summed E-state index contributed by atoms with van der Waals surface area (Å²) in [4.78, 5) is 11.2. The minimum absolute atomic E-state index is 0.00983. The summed E-state index contributed by atoms with van der Waals surface area (Å²) in [6.07, 6.45) is 1.73. The van der Waals surface area contributed by atoms with Crippen molar-refractivity contribution in [3.05, 3.63) is 35.4 Å². The number of hydrogen-bond acceptors (Lipinski definition) is 2. The van der Waals surface area contributed by atoms with E-state index >= 15 is 0 Å². The molecule has 0 spiro atoms. The molecular weight excluding hydrogens is 202 g/mol. The van der Waals surface area contributed by atoms with Gasteiger partial charge in [-0.15, -0.1) is 0 Å². The van der Waals surface area contributed by atoms with Crippen LogP contribution in [0, 0.1) is 0 Å². The van der Waals surface area contributed by atoms with Crippen LogP contribution in [0.25, 0.3) is 0 Å². The van der Waals surface area contributed by atoms with Crippen LogP contribution in [0.3, 0.4) is 0 Å². The van der Waals surface area contributed by atoms with Gasteiger partial charge < -0.3 is 10.4 Å². The summed E-state index contributed by atoms with van der Waals surface area (Å²) in [5.74, 6) is -0.00983. The van der Waals surface area contributed by atoms with Crippen molar-refractivity contribution < 1.29 is 9.90 Å². The van der Waals surface area contributed by atoms with Crippen molar-refractivity contribution >= 4 is 5.91 Å². The van der Waals surface area contributed by atoms with Gasteiger partial charge in [-0.05, 0) is 11.1 Å². The molecule has 1 amide bonds. The second kappa shape index (κ2) is 4.26. The van der Waals surface area contributed by atoms with Crippen LogP contribution in [0.1, 0.15) is 24.5 Å². The van der Waals surface area contributed by atoms with Crippen LogP contribution in [0.2, 0.25) is 0 Å². The normalized spacial score (nSPS) is 16.9. The summed E-state index contributed by atoms with van der Waals surface area (Å²) in [5, 5.41) is 13.1. The van der Waals surface area contributed by atoms with Crippen molar-refractivity contribution in [1.82, 2.24) is 5.32 Å². The molecule has 0 aliphatic heterocycles. The number of hydrogen-bond donors (Lipinski definition) is 2. The van der Waals surface area contributed by atoms with Gasteiger partial charge in [0.2, 0.25) is 5.91 Å².